The first-order valence-electron chi connectivity index (χ1n) is 4.51. The minimum absolute atomic E-state index is 0.117. The number of hydrogen-bond acceptors (Lipinski definition) is 4. The molecule has 5 heteroatoms. The summed E-state index contributed by atoms with van der Waals surface area (Å²) in [4.78, 5) is 16.7. The van der Waals surface area contributed by atoms with E-state index >= 15 is 0 Å². The van der Waals surface area contributed by atoms with E-state index in [4.69, 9.17) is 5.73 Å². The van der Waals surface area contributed by atoms with Crippen LogP contribution in [-0.4, -0.2) is 16.9 Å². The van der Waals surface area contributed by atoms with E-state index in [-0.39, 0.29) is 11.9 Å². The summed E-state index contributed by atoms with van der Waals surface area (Å²) < 4.78 is 0. The fourth-order valence-corrected chi connectivity index (χ4v) is 1.89. The van der Waals surface area contributed by atoms with Gasteiger partial charge in [-0.25, -0.2) is 4.98 Å². The zero-order valence-corrected chi connectivity index (χ0v) is 9.44. The first kappa shape index (κ1) is 11.1. The topological polar surface area (TPSA) is 68.0 Å². The number of carbonyl (C=O) groups excluding carboxylic acids is 1. The van der Waals surface area contributed by atoms with Crippen molar-refractivity contribution < 1.29 is 4.79 Å². The Morgan fingerprint density at radius 3 is 2.71 bits per heavy atom. The van der Waals surface area contributed by atoms with Gasteiger partial charge in [-0.05, 0) is 20.8 Å². The van der Waals surface area contributed by atoms with E-state index in [1.54, 1.807) is 0 Å². The van der Waals surface area contributed by atoms with Gasteiger partial charge in [0.15, 0.2) is 0 Å². The molecule has 0 atom stereocenters. The third-order valence-electron chi connectivity index (χ3n) is 1.65. The first-order chi connectivity index (χ1) is 6.54. The summed E-state index contributed by atoms with van der Waals surface area (Å²) in [6.45, 7) is 6.11. The van der Waals surface area contributed by atoms with Gasteiger partial charge < -0.3 is 11.1 Å². The van der Waals surface area contributed by atoms with Crippen LogP contribution in [0.1, 0.15) is 34.2 Å². The molecule has 0 radical (unpaired) electrons. The molecule has 0 aliphatic heterocycles. The number of hydrogen-bond donors (Lipinski definition) is 2. The van der Waals surface area contributed by atoms with Crippen molar-refractivity contribution in [2.75, 3.05) is 0 Å². The van der Waals surface area contributed by atoms with Gasteiger partial charge in [-0.2, -0.15) is 0 Å². The maximum absolute atomic E-state index is 11.6. The van der Waals surface area contributed by atoms with Crippen LogP contribution in [-0.2, 0) is 6.54 Å². The van der Waals surface area contributed by atoms with E-state index < -0.39 is 0 Å². The Morgan fingerprint density at radius 2 is 2.29 bits per heavy atom. The van der Waals surface area contributed by atoms with E-state index in [2.05, 4.69) is 10.3 Å². The summed E-state index contributed by atoms with van der Waals surface area (Å²) in [6.07, 6.45) is 0. The molecular weight excluding hydrogens is 198 g/mol. The molecule has 0 spiro atoms. The van der Waals surface area contributed by atoms with E-state index in [9.17, 15) is 4.79 Å². The third-order valence-corrected chi connectivity index (χ3v) is 2.64. The highest BCUT2D eigenvalue weighted by molar-refractivity contribution is 7.11. The number of nitrogens with two attached hydrogens (primary N) is 1. The third kappa shape index (κ3) is 2.52. The van der Waals surface area contributed by atoms with Crippen LogP contribution in [0.2, 0.25) is 0 Å². The van der Waals surface area contributed by atoms with Crippen LogP contribution >= 0.6 is 11.3 Å². The lowest BCUT2D eigenvalue weighted by Gasteiger charge is -2.06. The standard InChI is InChI=1S/C9H15N3OS/c1-5(2)11-9(13)8-6(3)14-7(4-10)12-8/h5H,4,10H2,1-3H3,(H,11,13). The molecule has 0 saturated heterocycles. The van der Waals surface area contributed by atoms with Gasteiger partial charge in [-0.3, -0.25) is 4.79 Å². The number of aryl methyl sites for hydroxylation is 1. The molecule has 0 aromatic carbocycles. The molecule has 3 N–H and O–H groups in total. The molecular formula is C9H15N3OS. The fourth-order valence-electron chi connectivity index (χ4n) is 1.08. The average Bonchev–Trinajstić information content (AvgIpc) is 2.45. The molecule has 0 bridgehead atoms. The van der Waals surface area contributed by atoms with Gasteiger partial charge >= 0.3 is 0 Å². The maximum atomic E-state index is 11.6. The molecule has 0 aliphatic rings. The number of nitrogens with one attached hydrogen (secondary N) is 1. The van der Waals surface area contributed by atoms with Crippen molar-refractivity contribution in [1.82, 2.24) is 10.3 Å². The molecule has 14 heavy (non-hydrogen) atoms. The van der Waals surface area contributed by atoms with E-state index in [1.165, 1.54) is 11.3 Å². The van der Waals surface area contributed by atoms with Gasteiger partial charge in [0.05, 0.1) is 0 Å². The van der Waals surface area contributed by atoms with Crippen LogP contribution in [0.15, 0.2) is 0 Å². The SMILES string of the molecule is Cc1sc(CN)nc1C(=O)NC(C)C. The van der Waals surface area contributed by atoms with Crippen molar-refractivity contribution in [3.05, 3.63) is 15.6 Å². The fraction of sp³-hybridized carbons (Fsp3) is 0.556. The van der Waals surface area contributed by atoms with Crippen LogP contribution in [0, 0.1) is 6.92 Å². The minimum Gasteiger partial charge on any atom is -0.348 e. The lowest BCUT2D eigenvalue weighted by Crippen LogP contribution is -2.30. The number of carbonyl (C=O) groups is 1. The highest BCUT2D eigenvalue weighted by Gasteiger charge is 2.14. The number of amides is 1. The van der Waals surface area contributed by atoms with Gasteiger partial charge in [0.2, 0.25) is 0 Å². The van der Waals surface area contributed by atoms with Crippen LogP contribution in [0.4, 0.5) is 0 Å². The number of aromatic nitrogens is 1. The van der Waals surface area contributed by atoms with Gasteiger partial charge in [-0.1, -0.05) is 0 Å². The Morgan fingerprint density at radius 1 is 1.64 bits per heavy atom. The zero-order chi connectivity index (χ0) is 10.7. The van der Waals surface area contributed by atoms with Crippen molar-refractivity contribution in [3.63, 3.8) is 0 Å². The minimum atomic E-state index is -0.117. The zero-order valence-electron chi connectivity index (χ0n) is 8.63. The van der Waals surface area contributed by atoms with Crippen LogP contribution in [0.3, 0.4) is 0 Å². The summed E-state index contributed by atoms with van der Waals surface area (Å²) in [5, 5.41) is 3.60. The summed E-state index contributed by atoms with van der Waals surface area (Å²) in [5.74, 6) is -0.117. The normalized spacial score (nSPS) is 10.6. The molecule has 0 saturated carbocycles. The van der Waals surface area contributed by atoms with Crippen LogP contribution in [0.5, 0.6) is 0 Å². The highest BCUT2D eigenvalue weighted by atomic mass is 32.1. The summed E-state index contributed by atoms with van der Waals surface area (Å²) in [7, 11) is 0. The van der Waals surface area contributed by atoms with Crippen molar-refractivity contribution >= 4 is 17.2 Å². The molecule has 1 amide bonds. The number of rotatable bonds is 3. The van der Waals surface area contributed by atoms with E-state index in [1.807, 2.05) is 20.8 Å². The van der Waals surface area contributed by atoms with Gasteiger partial charge in [-0.15, -0.1) is 11.3 Å². The molecule has 0 unspecified atom stereocenters. The van der Waals surface area contributed by atoms with Crippen LogP contribution in [0.25, 0.3) is 0 Å². The molecule has 0 fully saturated rings. The number of nitrogens with zero attached hydrogens (tertiary/aromatic N) is 1. The second-order valence-corrected chi connectivity index (χ2v) is 4.63. The molecule has 0 aliphatic carbocycles. The monoisotopic (exact) mass is 213 g/mol. The van der Waals surface area contributed by atoms with Crippen molar-refractivity contribution in [1.29, 1.82) is 0 Å². The highest BCUT2D eigenvalue weighted by Crippen LogP contribution is 2.16. The molecule has 1 rings (SSSR count). The number of thiazole rings is 1. The van der Waals surface area contributed by atoms with E-state index in [0.29, 0.717) is 12.2 Å². The van der Waals surface area contributed by atoms with Crippen molar-refractivity contribution in [3.8, 4) is 0 Å². The largest absolute Gasteiger partial charge is 0.348 e. The summed E-state index contributed by atoms with van der Waals surface area (Å²) >= 11 is 1.47. The Balaban J connectivity index is 2.84. The Kier molecular flexibility index (Phi) is 3.60. The quantitative estimate of drug-likeness (QED) is 0.788. The van der Waals surface area contributed by atoms with E-state index in [0.717, 1.165) is 9.88 Å². The lowest BCUT2D eigenvalue weighted by molar-refractivity contribution is 0.0938. The second kappa shape index (κ2) is 4.52. The van der Waals surface area contributed by atoms with Crippen molar-refractivity contribution in [2.45, 2.75) is 33.4 Å². The Hall–Kier alpha value is -0.940. The predicted molar refractivity (Wildman–Crippen MR) is 57.3 cm³/mol. The van der Waals surface area contributed by atoms with Gasteiger partial charge in [0.25, 0.3) is 5.91 Å². The lowest BCUT2D eigenvalue weighted by atomic mass is 10.3. The smallest absolute Gasteiger partial charge is 0.271 e. The summed E-state index contributed by atoms with van der Waals surface area (Å²) in [6, 6.07) is 0.130. The van der Waals surface area contributed by atoms with Gasteiger partial charge in [0.1, 0.15) is 10.7 Å². The second-order valence-electron chi connectivity index (χ2n) is 3.34. The average molecular weight is 213 g/mol. The summed E-state index contributed by atoms with van der Waals surface area (Å²) in [5.41, 5.74) is 5.95. The molecule has 4 nitrogen and oxygen atoms in total. The maximum Gasteiger partial charge on any atom is 0.271 e. The molecule has 78 valence electrons. The van der Waals surface area contributed by atoms with Crippen LogP contribution < -0.4 is 11.1 Å². The molecule has 1 heterocycles. The Bertz CT molecular complexity index is 333. The van der Waals surface area contributed by atoms with Gasteiger partial charge in [0, 0.05) is 17.5 Å². The first-order valence-corrected chi connectivity index (χ1v) is 5.33. The predicted octanol–water partition coefficient (Wildman–Crippen LogP) is 1.05. The van der Waals surface area contributed by atoms with Crippen molar-refractivity contribution in [2.24, 2.45) is 5.73 Å². The Labute approximate surface area is 87.5 Å². The molecule has 1 aromatic rings. The molecule has 1 aromatic heterocycles.